The summed E-state index contributed by atoms with van der Waals surface area (Å²) in [4.78, 5) is 5.04. The van der Waals surface area contributed by atoms with Crippen LogP contribution in [0.15, 0.2) is 24.3 Å². The summed E-state index contributed by atoms with van der Waals surface area (Å²) in [6.07, 6.45) is 3.59. The van der Waals surface area contributed by atoms with Gasteiger partial charge in [-0.15, -0.1) is 0 Å². The van der Waals surface area contributed by atoms with Crippen molar-refractivity contribution in [2.24, 2.45) is 5.92 Å². The van der Waals surface area contributed by atoms with Gasteiger partial charge >= 0.3 is 0 Å². The maximum atomic E-state index is 9.05. The second-order valence-corrected chi connectivity index (χ2v) is 6.19. The lowest BCUT2D eigenvalue weighted by atomic mass is 10.0. The van der Waals surface area contributed by atoms with Crippen molar-refractivity contribution in [1.29, 1.82) is 5.26 Å². The van der Waals surface area contributed by atoms with Crippen molar-refractivity contribution in [3.63, 3.8) is 0 Å². The molecule has 0 bridgehead atoms. The fourth-order valence-electron chi connectivity index (χ4n) is 3.47. The molecule has 2 atom stereocenters. The van der Waals surface area contributed by atoms with Gasteiger partial charge in [-0.05, 0) is 44.9 Å². The molecule has 0 radical (unpaired) electrons. The van der Waals surface area contributed by atoms with E-state index in [4.69, 9.17) is 5.26 Å². The SMILES string of the molecule is Cc1ccc(N2CCCC(N3CCC(C#N)C3)C2)cc1. The third-order valence-corrected chi connectivity index (χ3v) is 4.71. The Morgan fingerprint density at radius 1 is 1.10 bits per heavy atom. The average Bonchev–Trinajstić information content (AvgIpc) is 2.97. The van der Waals surface area contributed by atoms with E-state index in [0.717, 1.165) is 32.6 Å². The van der Waals surface area contributed by atoms with Crippen LogP contribution in [-0.4, -0.2) is 37.1 Å². The first-order chi connectivity index (χ1) is 9.76. The molecule has 0 N–H and O–H groups in total. The Kier molecular flexibility index (Phi) is 3.93. The molecule has 0 saturated carbocycles. The fourth-order valence-corrected chi connectivity index (χ4v) is 3.47. The number of hydrogen-bond acceptors (Lipinski definition) is 3. The highest BCUT2D eigenvalue weighted by molar-refractivity contribution is 5.48. The summed E-state index contributed by atoms with van der Waals surface area (Å²) < 4.78 is 0. The summed E-state index contributed by atoms with van der Waals surface area (Å²) in [6.45, 7) is 6.48. The number of hydrogen-bond donors (Lipinski definition) is 0. The van der Waals surface area contributed by atoms with E-state index in [1.54, 1.807) is 0 Å². The van der Waals surface area contributed by atoms with Crippen LogP contribution in [-0.2, 0) is 0 Å². The van der Waals surface area contributed by atoms with E-state index in [0.29, 0.717) is 6.04 Å². The van der Waals surface area contributed by atoms with Gasteiger partial charge in [0.25, 0.3) is 0 Å². The second-order valence-electron chi connectivity index (χ2n) is 6.19. The zero-order valence-corrected chi connectivity index (χ0v) is 12.3. The Bertz CT molecular complexity index is 488. The predicted molar refractivity (Wildman–Crippen MR) is 81.7 cm³/mol. The maximum absolute atomic E-state index is 9.05. The van der Waals surface area contributed by atoms with Crippen LogP contribution in [0.4, 0.5) is 5.69 Å². The molecule has 3 nitrogen and oxygen atoms in total. The second kappa shape index (κ2) is 5.85. The van der Waals surface area contributed by atoms with Crippen LogP contribution in [0.5, 0.6) is 0 Å². The van der Waals surface area contributed by atoms with E-state index in [-0.39, 0.29) is 5.92 Å². The van der Waals surface area contributed by atoms with Crippen molar-refractivity contribution >= 4 is 5.69 Å². The van der Waals surface area contributed by atoms with Crippen LogP contribution in [0, 0.1) is 24.2 Å². The zero-order valence-electron chi connectivity index (χ0n) is 12.3. The zero-order chi connectivity index (χ0) is 13.9. The van der Waals surface area contributed by atoms with Crippen molar-refractivity contribution in [3.05, 3.63) is 29.8 Å². The topological polar surface area (TPSA) is 30.3 Å². The number of piperidine rings is 1. The lowest BCUT2D eigenvalue weighted by Gasteiger charge is -2.38. The van der Waals surface area contributed by atoms with Crippen molar-refractivity contribution in [3.8, 4) is 6.07 Å². The van der Waals surface area contributed by atoms with Crippen LogP contribution in [0.3, 0.4) is 0 Å². The van der Waals surface area contributed by atoms with Gasteiger partial charge in [-0.25, -0.2) is 0 Å². The van der Waals surface area contributed by atoms with Crippen LogP contribution in [0.25, 0.3) is 0 Å². The standard InChI is InChI=1S/C17H23N3/c1-14-4-6-16(7-5-14)19-9-2-3-17(13-19)20-10-8-15(11-18)12-20/h4-7,15,17H,2-3,8-10,12-13H2,1H3. The monoisotopic (exact) mass is 269 g/mol. The Morgan fingerprint density at radius 2 is 1.90 bits per heavy atom. The minimum Gasteiger partial charge on any atom is -0.370 e. The molecular weight excluding hydrogens is 246 g/mol. The van der Waals surface area contributed by atoms with Crippen molar-refractivity contribution in [2.75, 3.05) is 31.1 Å². The average molecular weight is 269 g/mol. The van der Waals surface area contributed by atoms with E-state index < -0.39 is 0 Å². The van der Waals surface area contributed by atoms with E-state index in [1.807, 2.05) is 0 Å². The molecule has 2 aliphatic rings. The molecule has 2 aliphatic heterocycles. The third-order valence-electron chi connectivity index (χ3n) is 4.71. The number of anilines is 1. The summed E-state index contributed by atoms with van der Waals surface area (Å²) in [5.74, 6) is 0.254. The van der Waals surface area contributed by atoms with E-state index >= 15 is 0 Å². The lowest BCUT2D eigenvalue weighted by molar-refractivity contribution is 0.212. The molecule has 106 valence electrons. The normalized spacial score (nSPS) is 27.5. The van der Waals surface area contributed by atoms with Crippen LogP contribution < -0.4 is 4.90 Å². The van der Waals surface area contributed by atoms with Gasteiger partial charge in [-0.1, -0.05) is 17.7 Å². The van der Waals surface area contributed by atoms with Gasteiger partial charge in [-0.3, -0.25) is 4.90 Å². The molecule has 2 unspecified atom stereocenters. The van der Waals surface area contributed by atoms with E-state index in [1.165, 1.54) is 24.1 Å². The predicted octanol–water partition coefficient (Wildman–Crippen LogP) is 2.81. The van der Waals surface area contributed by atoms with Crippen molar-refractivity contribution < 1.29 is 0 Å². The van der Waals surface area contributed by atoms with Gasteiger partial charge in [-0.2, -0.15) is 5.26 Å². The van der Waals surface area contributed by atoms with Gasteiger partial charge < -0.3 is 4.90 Å². The Balaban J connectivity index is 1.65. The van der Waals surface area contributed by atoms with E-state index in [2.05, 4.69) is 47.1 Å². The summed E-state index contributed by atoms with van der Waals surface area (Å²) in [7, 11) is 0. The minimum absolute atomic E-state index is 0.254. The molecular formula is C17H23N3. The number of benzene rings is 1. The lowest BCUT2D eigenvalue weighted by Crippen LogP contribution is -2.47. The molecule has 2 heterocycles. The molecule has 3 heteroatoms. The summed E-state index contributed by atoms with van der Waals surface area (Å²) >= 11 is 0. The highest BCUT2D eigenvalue weighted by atomic mass is 15.2. The molecule has 0 aliphatic carbocycles. The number of aryl methyl sites for hydroxylation is 1. The Morgan fingerprint density at radius 3 is 2.60 bits per heavy atom. The van der Waals surface area contributed by atoms with Gasteiger partial charge in [0.2, 0.25) is 0 Å². The Hall–Kier alpha value is -1.53. The smallest absolute Gasteiger partial charge is 0.0669 e. The first-order valence-corrected chi connectivity index (χ1v) is 7.71. The van der Waals surface area contributed by atoms with Crippen LogP contribution >= 0.6 is 0 Å². The number of rotatable bonds is 2. The molecule has 2 fully saturated rings. The molecule has 0 aromatic heterocycles. The van der Waals surface area contributed by atoms with Gasteiger partial charge in [0, 0.05) is 31.4 Å². The maximum Gasteiger partial charge on any atom is 0.0669 e. The molecule has 3 rings (SSSR count). The molecule has 0 amide bonds. The fraction of sp³-hybridized carbons (Fsp3) is 0.588. The third kappa shape index (κ3) is 2.81. The number of likely N-dealkylation sites (tertiary alicyclic amines) is 1. The van der Waals surface area contributed by atoms with Crippen LogP contribution in [0.2, 0.25) is 0 Å². The van der Waals surface area contributed by atoms with Crippen molar-refractivity contribution in [2.45, 2.75) is 32.2 Å². The quantitative estimate of drug-likeness (QED) is 0.827. The van der Waals surface area contributed by atoms with Gasteiger partial charge in [0.15, 0.2) is 0 Å². The Labute approximate surface area is 121 Å². The number of nitriles is 1. The summed E-state index contributed by atoms with van der Waals surface area (Å²) in [6, 6.07) is 11.9. The molecule has 1 aromatic rings. The summed E-state index contributed by atoms with van der Waals surface area (Å²) in [5.41, 5.74) is 2.66. The van der Waals surface area contributed by atoms with Crippen LogP contribution in [0.1, 0.15) is 24.8 Å². The minimum atomic E-state index is 0.254. The largest absolute Gasteiger partial charge is 0.370 e. The number of nitrogens with zero attached hydrogens (tertiary/aromatic N) is 3. The van der Waals surface area contributed by atoms with Crippen molar-refractivity contribution in [1.82, 2.24) is 4.90 Å². The van der Waals surface area contributed by atoms with E-state index in [9.17, 15) is 0 Å². The molecule has 1 aromatic carbocycles. The first-order valence-electron chi connectivity index (χ1n) is 7.71. The first kappa shape index (κ1) is 13.5. The summed E-state index contributed by atoms with van der Waals surface area (Å²) in [5, 5.41) is 9.05. The highest BCUT2D eigenvalue weighted by Crippen LogP contribution is 2.26. The molecule has 2 saturated heterocycles. The van der Waals surface area contributed by atoms with Gasteiger partial charge in [0.1, 0.15) is 0 Å². The molecule has 20 heavy (non-hydrogen) atoms. The highest BCUT2D eigenvalue weighted by Gasteiger charge is 2.31. The molecule has 0 spiro atoms. The van der Waals surface area contributed by atoms with Gasteiger partial charge in [0.05, 0.1) is 12.0 Å².